The van der Waals surface area contributed by atoms with E-state index in [9.17, 15) is 10.5 Å². The summed E-state index contributed by atoms with van der Waals surface area (Å²) in [4.78, 5) is 0. The quantitative estimate of drug-likeness (QED) is 0.593. The van der Waals surface area contributed by atoms with Crippen LogP contribution in [0.15, 0.2) is 42.5 Å². The minimum absolute atomic E-state index is 0.0275. The Bertz CT molecular complexity index is 965. The van der Waals surface area contributed by atoms with Crippen molar-refractivity contribution in [1.29, 1.82) is 10.5 Å². The van der Waals surface area contributed by atoms with E-state index in [4.69, 9.17) is 9.84 Å². The predicted octanol–water partition coefficient (Wildman–Crippen LogP) is 3.25. The van der Waals surface area contributed by atoms with Gasteiger partial charge in [0, 0.05) is 21.5 Å². The highest BCUT2D eigenvalue weighted by molar-refractivity contribution is 6.09. The topological polar surface area (TPSA) is 77.0 Å². The molecule has 0 radical (unpaired) electrons. The van der Waals surface area contributed by atoms with Crippen LogP contribution in [0.4, 0.5) is 0 Å². The van der Waals surface area contributed by atoms with Gasteiger partial charge >= 0.3 is 0 Å². The molecule has 0 aliphatic heterocycles. The molecule has 0 atom stereocenters. The third kappa shape index (κ3) is 2.62. The summed E-state index contributed by atoms with van der Waals surface area (Å²) in [6.07, 6.45) is 0. The van der Waals surface area contributed by atoms with E-state index in [1.807, 2.05) is 42.5 Å². The van der Waals surface area contributed by atoms with Gasteiger partial charge in [-0.25, -0.2) is 0 Å². The third-order valence-electron chi connectivity index (χ3n) is 3.82. The first-order valence-electron chi connectivity index (χ1n) is 7.26. The lowest BCUT2D eigenvalue weighted by atomic mass is 9.92. The normalized spacial score (nSPS) is 10.6. The number of aliphatic hydroxyl groups is 1. The maximum atomic E-state index is 9.61. The molecule has 0 unspecified atom stereocenters. The van der Waals surface area contributed by atoms with Crippen molar-refractivity contribution in [2.75, 3.05) is 13.2 Å². The monoisotopic (exact) mass is 302 g/mol. The summed E-state index contributed by atoms with van der Waals surface area (Å²) in [5.74, 6) is 0. The summed E-state index contributed by atoms with van der Waals surface area (Å²) in [6, 6.07) is 17.6. The molecule has 0 bridgehead atoms. The van der Waals surface area contributed by atoms with Gasteiger partial charge in [0.15, 0.2) is 0 Å². The Kier molecular flexibility index (Phi) is 4.21. The van der Waals surface area contributed by atoms with Crippen LogP contribution in [0.25, 0.3) is 21.5 Å². The van der Waals surface area contributed by atoms with E-state index in [1.165, 1.54) is 0 Å². The lowest BCUT2D eigenvalue weighted by Gasteiger charge is -2.11. The van der Waals surface area contributed by atoms with Gasteiger partial charge in [0.05, 0.1) is 30.9 Å². The summed E-state index contributed by atoms with van der Waals surface area (Å²) in [5, 5.41) is 31.0. The predicted molar refractivity (Wildman–Crippen MR) is 87.6 cm³/mol. The molecule has 4 nitrogen and oxygen atoms in total. The van der Waals surface area contributed by atoms with Gasteiger partial charge in [-0.05, 0) is 11.6 Å². The number of nitriles is 2. The van der Waals surface area contributed by atoms with Crippen LogP contribution in [0.2, 0.25) is 0 Å². The summed E-state index contributed by atoms with van der Waals surface area (Å²) in [7, 11) is 0. The van der Waals surface area contributed by atoms with Crippen LogP contribution in [-0.2, 0) is 11.3 Å². The maximum Gasteiger partial charge on any atom is 0.100 e. The minimum atomic E-state index is -0.0275. The van der Waals surface area contributed by atoms with Crippen molar-refractivity contribution in [3.05, 3.63) is 59.2 Å². The molecule has 4 heteroatoms. The molecule has 23 heavy (non-hydrogen) atoms. The Morgan fingerprint density at radius 2 is 1.48 bits per heavy atom. The number of ether oxygens (including phenoxy) is 1. The maximum absolute atomic E-state index is 9.61. The second-order valence-corrected chi connectivity index (χ2v) is 5.18. The molecule has 0 aliphatic rings. The molecule has 1 N–H and O–H groups in total. The Balaban J connectivity index is 2.29. The molecule has 0 saturated heterocycles. The fourth-order valence-corrected chi connectivity index (χ4v) is 2.81. The van der Waals surface area contributed by atoms with Gasteiger partial charge in [-0.15, -0.1) is 0 Å². The van der Waals surface area contributed by atoms with Crippen LogP contribution in [0.1, 0.15) is 16.7 Å². The van der Waals surface area contributed by atoms with Crippen LogP contribution in [0.3, 0.4) is 0 Å². The standard InChI is InChI=1S/C19H14N2O2/c20-10-18-14-3-1-2-4-15(14)19(11-21)17-9-13(5-6-16(17)18)12-23-8-7-22/h1-6,9,22H,7-8,12H2. The number of hydrogen-bond acceptors (Lipinski definition) is 4. The van der Waals surface area contributed by atoms with Crippen LogP contribution in [0.5, 0.6) is 0 Å². The summed E-state index contributed by atoms with van der Waals surface area (Å²) >= 11 is 0. The first-order valence-corrected chi connectivity index (χ1v) is 7.26. The van der Waals surface area contributed by atoms with Gasteiger partial charge in [0.25, 0.3) is 0 Å². The summed E-state index contributed by atoms with van der Waals surface area (Å²) in [6.45, 7) is 0.598. The van der Waals surface area contributed by atoms with E-state index < -0.39 is 0 Å². The molecule has 0 amide bonds. The van der Waals surface area contributed by atoms with E-state index in [0.717, 1.165) is 27.1 Å². The van der Waals surface area contributed by atoms with Crippen molar-refractivity contribution in [3.63, 3.8) is 0 Å². The number of aliphatic hydroxyl groups excluding tert-OH is 1. The van der Waals surface area contributed by atoms with Crippen molar-refractivity contribution >= 4 is 21.5 Å². The fourth-order valence-electron chi connectivity index (χ4n) is 2.81. The average Bonchev–Trinajstić information content (AvgIpc) is 2.59. The largest absolute Gasteiger partial charge is 0.394 e. The molecule has 112 valence electrons. The second-order valence-electron chi connectivity index (χ2n) is 5.18. The van der Waals surface area contributed by atoms with E-state index in [-0.39, 0.29) is 13.2 Å². The minimum Gasteiger partial charge on any atom is -0.394 e. The molecule has 3 aromatic rings. The van der Waals surface area contributed by atoms with E-state index >= 15 is 0 Å². The Labute approximate surface area is 133 Å². The molecule has 0 fully saturated rings. The van der Waals surface area contributed by atoms with E-state index in [2.05, 4.69) is 12.1 Å². The highest BCUT2D eigenvalue weighted by Crippen LogP contribution is 2.32. The number of nitrogens with zero attached hydrogens (tertiary/aromatic N) is 2. The number of hydrogen-bond donors (Lipinski definition) is 1. The van der Waals surface area contributed by atoms with Crippen LogP contribution < -0.4 is 0 Å². The third-order valence-corrected chi connectivity index (χ3v) is 3.82. The second kappa shape index (κ2) is 6.46. The zero-order chi connectivity index (χ0) is 16.2. The van der Waals surface area contributed by atoms with Crippen molar-refractivity contribution in [1.82, 2.24) is 0 Å². The lowest BCUT2D eigenvalue weighted by Crippen LogP contribution is -1.99. The molecule has 0 aliphatic carbocycles. The molecular weight excluding hydrogens is 288 g/mol. The fraction of sp³-hybridized carbons (Fsp3) is 0.158. The zero-order valence-corrected chi connectivity index (χ0v) is 12.4. The highest BCUT2D eigenvalue weighted by atomic mass is 16.5. The van der Waals surface area contributed by atoms with Crippen molar-refractivity contribution < 1.29 is 9.84 Å². The van der Waals surface area contributed by atoms with E-state index in [0.29, 0.717) is 17.7 Å². The highest BCUT2D eigenvalue weighted by Gasteiger charge is 2.13. The smallest absolute Gasteiger partial charge is 0.100 e. The number of fused-ring (bicyclic) bond motifs is 2. The number of rotatable bonds is 4. The van der Waals surface area contributed by atoms with Crippen molar-refractivity contribution in [2.45, 2.75) is 6.61 Å². The van der Waals surface area contributed by atoms with Crippen LogP contribution >= 0.6 is 0 Å². The molecule has 0 saturated carbocycles. The van der Waals surface area contributed by atoms with Gasteiger partial charge in [-0.3, -0.25) is 0 Å². The molecule has 3 aromatic carbocycles. The molecule has 0 spiro atoms. The van der Waals surface area contributed by atoms with E-state index in [1.54, 1.807) is 0 Å². The Hall–Kier alpha value is -2.92. The Morgan fingerprint density at radius 3 is 2.09 bits per heavy atom. The Morgan fingerprint density at radius 1 is 0.870 bits per heavy atom. The van der Waals surface area contributed by atoms with Crippen LogP contribution in [0, 0.1) is 22.7 Å². The van der Waals surface area contributed by atoms with Gasteiger partial charge in [-0.2, -0.15) is 10.5 Å². The molecule has 3 rings (SSSR count). The van der Waals surface area contributed by atoms with Crippen LogP contribution in [-0.4, -0.2) is 18.3 Å². The molecular formula is C19H14N2O2. The lowest BCUT2D eigenvalue weighted by molar-refractivity contribution is 0.0816. The number of benzene rings is 3. The molecule has 0 heterocycles. The SMILES string of the molecule is N#Cc1c2ccccc2c(C#N)c2cc(COCCO)ccc12. The average molecular weight is 302 g/mol. The van der Waals surface area contributed by atoms with Crippen molar-refractivity contribution in [3.8, 4) is 12.1 Å². The van der Waals surface area contributed by atoms with Gasteiger partial charge in [0.1, 0.15) is 12.1 Å². The van der Waals surface area contributed by atoms with Gasteiger partial charge < -0.3 is 9.84 Å². The van der Waals surface area contributed by atoms with Gasteiger partial charge in [0.2, 0.25) is 0 Å². The first-order chi connectivity index (χ1) is 11.3. The zero-order valence-electron chi connectivity index (χ0n) is 12.4. The van der Waals surface area contributed by atoms with Crippen molar-refractivity contribution in [2.24, 2.45) is 0 Å². The summed E-state index contributed by atoms with van der Waals surface area (Å²) < 4.78 is 5.34. The molecule has 0 aromatic heterocycles. The first kappa shape index (κ1) is 15.0. The summed E-state index contributed by atoms with van der Waals surface area (Å²) in [5.41, 5.74) is 2.05. The van der Waals surface area contributed by atoms with Gasteiger partial charge in [-0.1, -0.05) is 36.4 Å².